The van der Waals surface area contributed by atoms with Crippen molar-refractivity contribution >= 4 is 0 Å². The zero-order valence-corrected chi connectivity index (χ0v) is 18.7. The monoisotopic (exact) mass is 405 g/mol. The normalized spacial score (nSPS) is 19.4. The highest BCUT2D eigenvalue weighted by molar-refractivity contribution is 5.37. The maximum atomic E-state index is 9.47. The van der Waals surface area contributed by atoms with Crippen LogP contribution in [0.1, 0.15) is 46.5 Å². The van der Waals surface area contributed by atoms with Crippen LogP contribution in [-0.2, 0) is 14.3 Å². The number of hydrogen-bond donors (Lipinski definition) is 2. The SMILES string of the molecule is C=C(C)C(C)C(C)CC(C1=CC=CCC=C=C1CCC(CO)OC)C(OC)ON. The summed E-state index contributed by atoms with van der Waals surface area (Å²) in [5.74, 6) is 6.28. The van der Waals surface area contributed by atoms with Crippen molar-refractivity contribution in [2.45, 2.75) is 58.8 Å². The van der Waals surface area contributed by atoms with Crippen molar-refractivity contribution in [1.29, 1.82) is 0 Å². The lowest BCUT2D eigenvalue weighted by Crippen LogP contribution is -2.33. The Hall–Kier alpha value is -1.46. The summed E-state index contributed by atoms with van der Waals surface area (Å²) in [6, 6.07) is 0. The first-order valence-corrected chi connectivity index (χ1v) is 10.4. The van der Waals surface area contributed by atoms with Crippen LogP contribution in [0.25, 0.3) is 0 Å². The number of rotatable bonds is 13. The average Bonchev–Trinajstić information content (AvgIpc) is 2.69. The third-order valence-electron chi connectivity index (χ3n) is 5.89. The first-order valence-electron chi connectivity index (χ1n) is 10.4. The Morgan fingerprint density at radius 2 is 2.03 bits per heavy atom. The summed E-state index contributed by atoms with van der Waals surface area (Å²) in [5, 5.41) is 9.47. The quantitative estimate of drug-likeness (QED) is 0.205. The van der Waals surface area contributed by atoms with Gasteiger partial charge in [-0.05, 0) is 61.7 Å². The van der Waals surface area contributed by atoms with Gasteiger partial charge in [0.2, 0.25) is 0 Å². The van der Waals surface area contributed by atoms with E-state index >= 15 is 0 Å². The lowest BCUT2D eigenvalue weighted by molar-refractivity contribution is -0.154. The van der Waals surface area contributed by atoms with E-state index in [0.29, 0.717) is 18.3 Å². The maximum absolute atomic E-state index is 9.47. The molecule has 5 atom stereocenters. The van der Waals surface area contributed by atoms with Gasteiger partial charge in [-0.25, -0.2) is 5.90 Å². The molecule has 0 amide bonds. The highest BCUT2D eigenvalue weighted by atomic mass is 16.7. The summed E-state index contributed by atoms with van der Waals surface area (Å²) in [4.78, 5) is 5.22. The molecule has 1 aliphatic rings. The Balaban J connectivity index is 3.24. The molecule has 5 unspecified atom stereocenters. The van der Waals surface area contributed by atoms with Crippen LogP contribution in [0.4, 0.5) is 0 Å². The van der Waals surface area contributed by atoms with Crippen molar-refractivity contribution in [3.63, 3.8) is 0 Å². The minimum Gasteiger partial charge on any atom is -0.394 e. The van der Waals surface area contributed by atoms with Crippen molar-refractivity contribution in [2.75, 3.05) is 20.8 Å². The predicted molar refractivity (Wildman–Crippen MR) is 118 cm³/mol. The summed E-state index contributed by atoms with van der Waals surface area (Å²) in [6.07, 6.45) is 10.6. The number of nitrogens with two attached hydrogens (primary N) is 1. The number of methoxy groups -OCH3 is 2. The van der Waals surface area contributed by atoms with Gasteiger partial charge in [0.05, 0.1) is 12.7 Å². The maximum Gasteiger partial charge on any atom is 0.183 e. The number of aliphatic hydroxyl groups excluding tert-OH is 1. The fourth-order valence-corrected chi connectivity index (χ4v) is 3.63. The molecule has 0 fully saturated rings. The third-order valence-corrected chi connectivity index (χ3v) is 5.89. The fraction of sp³-hybridized carbons (Fsp3) is 0.625. The van der Waals surface area contributed by atoms with E-state index in [1.54, 1.807) is 14.2 Å². The minimum absolute atomic E-state index is 0.00432. The molecule has 0 saturated heterocycles. The van der Waals surface area contributed by atoms with E-state index in [0.717, 1.165) is 36.0 Å². The lowest BCUT2D eigenvalue weighted by atomic mass is 9.78. The van der Waals surface area contributed by atoms with Crippen LogP contribution >= 0.6 is 0 Å². The molecule has 29 heavy (non-hydrogen) atoms. The van der Waals surface area contributed by atoms with Crippen molar-refractivity contribution in [1.82, 2.24) is 0 Å². The average molecular weight is 406 g/mol. The van der Waals surface area contributed by atoms with Crippen molar-refractivity contribution in [3.8, 4) is 0 Å². The second kappa shape index (κ2) is 13.7. The number of aliphatic hydroxyl groups is 1. The Morgan fingerprint density at radius 1 is 1.31 bits per heavy atom. The van der Waals surface area contributed by atoms with Gasteiger partial charge < -0.3 is 14.6 Å². The largest absolute Gasteiger partial charge is 0.394 e. The highest BCUT2D eigenvalue weighted by Crippen LogP contribution is 2.36. The number of hydrogen-bond acceptors (Lipinski definition) is 5. The molecule has 0 aromatic carbocycles. The van der Waals surface area contributed by atoms with Crippen LogP contribution in [0.2, 0.25) is 0 Å². The zero-order valence-electron chi connectivity index (χ0n) is 18.7. The van der Waals surface area contributed by atoms with Crippen LogP contribution < -0.4 is 5.90 Å². The topological polar surface area (TPSA) is 73.9 Å². The molecule has 1 aliphatic carbocycles. The first-order chi connectivity index (χ1) is 13.9. The van der Waals surface area contributed by atoms with Gasteiger partial charge in [-0.2, -0.15) is 0 Å². The molecule has 5 nitrogen and oxygen atoms in total. The zero-order chi connectivity index (χ0) is 21.8. The van der Waals surface area contributed by atoms with Crippen LogP contribution in [0, 0.1) is 17.8 Å². The van der Waals surface area contributed by atoms with E-state index in [1.165, 1.54) is 0 Å². The van der Waals surface area contributed by atoms with Gasteiger partial charge in [-0.1, -0.05) is 44.2 Å². The smallest absolute Gasteiger partial charge is 0.183 e. The molecule has 0 aromatic heterocycles. The molecule has 1 rings (SSSR count). The minimum atomic E-state index is -0.568. The molecule has 0 radical (unpaired) electrons. The first kappa shape index (κ1) is 25.6. The fourth-order valence-electron chi connectivity index (χ4n) is 3.63. The van der Waals surface area contributed by atoms with Crippen molar-refractivity contribution in [2.24, 2.45) is 23.7 Å². The molecule has 0 heterocycles. The molecule has 0 aromatic rings. The van der Waals surface area contributed by atoms with Gasteiger partial charge in [0.1, 0.15) is 0 Å². The molecule has 5 heteroatoms. The van der Waals surface area contributed by atoms with Crippen LogP contribution in [0.5, 0.6) is 0 Å². The Kier molecular flexibility index (Phi) is 12.1. The lowest BCUT2D eigenvalue weighted by Gasteiger charge is -2.32. The molecule has 0 aliphatic heterocycles. The second-order valence-corrected chi connectivity index (χ2v) is 7.89. The van der Waals surface area contributed by atoms with Gasteiger partial charge in [-0.3, -0.25) is 4.84 Å². The molecule has 0 spiro atoms. The van der Waals surface area contributed by atoms with E-state index in [2.05, 4.69) is 51.3 Å². The van der Waals surface area contributed by atoms with E-state index in [1.807, 2.05) is 6.08 Å². The molecule has 164 valence electrons. The third kappa shape index (κ3) is 8.06. The van der Waals surface area contributed by atoms with Crippen LogP contribution in [-0.4, -0.2) is 38.3 Å². The second-order valence-electron chi connectivity index (χ2n) is 7.89. The van der Waals surface area contributed by atoms with Crippen molar-refractivity contribution in [3.05, 3.63) is 53.3 Å². The summed E-state index contributed by atoms with van der Waals surface area (Å²) in [6.45, 7) is 10.6. The van der Waals surface area contributed by atoms with E-state index < -0.39 is 6.29 Å². The van der Waals surface area contributed by atoms with E-state index in [-0.39, 0.29) is 18.6 Å². The predicted octanol–water partition coefficient (Wildman–Crippen LogP) is 4.46. The Labute approximate surface area is 176 Å². The summed E-state index contributed by atoms with van der Waals surface area (Å²) in [7, 11) is 3.23. The molecule has 0 saturated carbocycles. The molecule has 3 N–H and O–H groups in total. The summed E-state index contributed by atoms with van der Waals surface area (Å²) >= 11 is 0. The number of ether oxygens (including phenoxy) is 2. The van der Waals surface area contributed by atoms with Crippen LogP contribution in [0.3, 0.4) is 0 Å². The van der Waals surface area contributed by atoms with E-state index in [9.17, 15) is 5.11 Å². The van der Waals surface area contributed by atoms with Crippen molar-refractivity contribution < 1.29 is 19.4 Å². The molecule has 0 bridgehead atoms. The Morgan fingerprint density at radius 3 is 2.59 bits per heavy atom. The van der Waals surface area contributed by atoms with Gasteiger partial charge >= 0.3 is 0 Å². The standard InChI is InChI=1S/C24H39NO4/c1-17(2)19(4)18(3)15-23(24(28-6)29-25)22-12-10-8-7-9-11-20(22)13-14-21(16-26)27-5/h8-10,12,18-19,21,23-24,26H,1,7,13-16,25H2,2-6H3. The van der Waals surface area contributed by atoms with Gasteiger partial charge in [0.15, 0.2) is 6.29 Å². The van der Waals surface area contributed by atoms with Gasteiger partial charge in [-0.15, -0.1) is 5.73 Å². The van der Waals surface area contributed by atoms with E-state index in [4.69, 9.17) is 20.2 Å². The molecular formula is C24H39NO4. The van der Waals surface area contributed by atoms with Gasteiger partial charge in [0, 0.05) is 20.1 Å². The van der Waals surface area contributed by atoms with Crippen LogP contribution in [0.15, 0.2) is 53.3 Å². The Bertz CT molecular complexity index is 623. The molecular weight excluding hydrogens is 366 g/mol. The highest BCUT2D eigenvalue weighted by Gasteiger charge is 2.31. The summed E-state index contributed by atoms with van der Waals surface area (Å²) < 4.78 is 10.9. The summed E-state index contributed by atoms with van der Waals surface area (Å²) in [5.41, 5.74) is 6.78. The van der Waals surface area contributed by atoms with Gasteiger partial charge in [0.25, 0.3) is 0 Å². The number of allylic oxidation sites excluding steroid dienone is 5.